The molecule has 0 aliphatic rings. The summed E-state index contributed by atoms with van der Waals surface area (Å²) in [4.78, 5) is 11.7. The summed E-state index contributed by atoms with van der Waals surface area (Å²) in [6.07, 6.45) is -0.491. The molecule has 0 radical (unpaired) electrons. The minimum atomic E-state index is -0.491. The fraction of sp³-hybridized carbons (Fsp3) is 0.188. The van der Waals surface area contributed by atoms with E-state index in [0.29, 0.717) is 12.3 Å². The molecule has 0 heterocycles. The SMILES string of the molecule is CCOc1ccc(NC(=O)OCc2ccccc2)cc1Br. The van der Waals surface area contributed by atoms with E-state index in [1.54, 1.807) is 18.2 Å². The predicted molar refractivity (Wildman–Crippen MR) is 85.6 cm³/mol. The number of amides is 1. The first-order valence-electron chi connectivity index (χ1n) is 6.59. The topological polar surface area (TPSA) is 47.6 Å². The highest BCUT2D eigenvalue weighted by Crippen LogP contribution is 2.28. The molecule has 2 rings (SSSR count). The summed E-state index contributed by atoms with van der Waals surface area (Å²) < 4.78 is 11.3. The van der Waals surface area contributed by atoms with E-state index < -0.39 is 6.09 Å². The Kier molecular flexibility index (Phi) is 5.63. The lowest BCUT2D eigenvalue weighted by Gasteiger charge is -2.10. The van der Waals surface area contributed by atoms with Crippen molar-refractivity contribution in [1.82, 2.24) is 0 Å². The average molecular weight is 350 g/mol. The highest BCUT2D eigenvalue weighted by Gasteiger charge is 2.06. The van der Waals surface area contributed by atoms with Gasteiger partial charge in [-0.1, -0.05) is 30.3 Å². The molecule has 1 amide bonds. The smallest absolute Gasteiger partial charge is 0.411 e. The molecular weight excluding hydrogens is 334 g/mol. The predicted octanol–water partition coefficient (Wildman–Crippen LogP) is 4.60. The minimum absolute atomic E-state index is 0.241. The van der Waals surface area contributed by atoms with Gasteiger partial charge in [-0.3, -0.25) is 5.32 Å². The molecule has 0 aliphatic heterocycles. The van der Waals surface area contributed by atoms with E-state index in [2.05, 4.69) is 21.2 Å². The highest BCUT2D eigenvalue weighted by molar-refractivity contribution is 9.10. The van der Waals surface area contributed by atoms with Crippen molar-refractivity contribution in [3.05, 3.63) is 58.6 Å². The summed E-state index contributed by atoms with van der Waals surface area (Å²) in [7, 11) is 0. The van der Waals surface area contributed by atoms with Gasteiger partial charge in [0.25, 0.3) is 0 Å². The van der Waals surface area contributed by atoms with Crippen LogP contribution in [0.5, 0.6) is 5.75 Å². The van der Waals surface area contributed by atoms with Crippen LogP contribution in [-0.4, -0.2) is 12.7 Å². The lowest BCUT2D eigenvalue weighted by Crippen LogP contribution is -2.13. The highest BCUT2D eigenvalue weighted by atomic mass is 79.9. The number of carbonyl (C=O) groups excluding carboxylic acids is 1. The van der Waals surface area contributed by atoms with Crippen molar-refractivity contribution >= 4 is 27.7 Å². The molecule has 5 heteroatoms. The molecule has 0 fully saturated rings. The Labute approximate surface area is 132 Å². The summed E-state index contributed by atoms with van der Waals surface area (Å²) in [5, 5.41) is 2.68. The third kappa shape index (κ3) is 4.79. The lowest BCUT2D eigenvalue weighted by atomic mass is 10.2. The van der Waals surface area contributed by atoms with Crippen LogP contribution in [0.25, 0.3) is 0 Å². The number of anilines is 1. The first-order valence-corrected chi connectivity index (χ1v) is 7.38. The summed E-state index contributed by atoms with van der Waals surface area (Å²) in [5.41, 5.74) is 1.59. The van der Waals surface area contributed by atoms with Gasteiger partial charge in [-0.15, -0.1) is 0 Å². The van der Waals surface area contributed by atoms with Gasteiger partial charge in [0.05, 0.1) is 11.1 Å². The molecule has 0 saturated carbocycles. The van der Waals surface area contributed by atoms with Gasteiger partial charge in [0.1, 0.15) is 12.4 Å². The first kappa shape index (κ1) is 15.4. The van der Waals surface area contributed by atoms with Gasteiger partial charge >= 0.3 is 6.09 Å². The van der Waals surface area contributed by atoms with E-state index in [9.17, 15) is 4.79 Å². The van der Waals surface area contributed by atoms with Crippen LogP contribution < -0.4 is 10.1 Å². The van der Waals surface area contributed by atoms with Crippen molar-refractivity contribution in [1.29, 1.82) is 0 Å². The van der Waals surface area contributed by atoms with Crippen molar-refractivity contribution < 1.29 is 14.3 Å². The van der Waals surface area contributed by atoms with E-state index >= 15 is 0 Å². The third-order valence-electron chi connectivity index (χ3n) is 2.69. The Balaban J connectivity index is 1.89. The number of rotatable bonds is 5. The van der Waals surface area contributed by atoms with Crippen LogP contribution in [0.2, 0.25) is 0 Å². The lowest BCUT2D eigenvalue weighted by molar-refractivity contribution is 0.155. The van der Waals surface area contributed by atoms with Gasteiger partial charge in [0.2, 0.25) is 0 Å². The number of hydrogen-bond acceptors (Lipinski definition) is 3. The second-order valence-corrected chi connectivity index (χ2v) is 5.12. The van der Waals surface area contributed by atoms with E-state index in [1.807, 2.05) is 37.3 Å². The Hall–Kier alpha value is -2.01. The molecule has 2 aromatic rings. The van der Waals surface area contributed by atoms with E-state index in [-0.39, 0.29) is 6.61 Å². The summed E-state index contributed by atoms with van der Waals surface area (Å²) >= 11 is 3.40. The minimum Gasteiger partial charge on any atom is -0.493 e. The van der Waals surface area contributed by atoms with Gasteiger partial charge < -0.3 is 9.47 Å². The summed E-state index contributed by atoms with van der Waals surface area (Å²) in [5.74, 6) is 0.737. The Bertz CT molecular complexity index is 602. The molecular formula is C16H16BrNO3. The zero-order chi connectivity index (χ0) is 15.1. The van der Waals surface area contributed by atoms with E-state index in [1.165, 1.54) is 0 Å². The van der Waals surface area contributed by atoms with Crippen LogP contribution in [-0.2, 0) is 11.3 Å². The quantitative estimate of drug-likeness (QED) is 0.858. The van der Waals surface area contributed by atoms with Gasteiger partial charge in [0, 0.05) is 5.69 Å². The van der Waals surface area contributed by atoms with Gasteiger partial charge in [-0.2, -0.15) is 0 Å². The maximum atomic E-state index is 11.7. The van der Waals surface area contributed by atoms with Gasteiger partial charge in [-0.25, -0.2) is 4.79 Å². The van der Waals surface area contributed by atoms with Gasteiger partial charge in [-0.05, 0) is 46.6 Å². The average Bonchev–Trinajstić information content (AvgIpc) is 2.49. The fourth-order valence-electron chi connectivity index (χ4n) is 1.73. The Morgan fingerprint density at radius 3 is 2.62 bits per heavy atom. The van der Waals surface area contributed by atoms with Crippen molar-refractivity contribution in [2.75, 3.05) is 11.9 Å². The maximum absolute atomic E-state index is 11.7. The van der Waals surface area contributed by atoms with Crippen molar-refractivity contribution in [2.45, 2.75) is 13.5 Å². The van der Waals surface area contributed by atoms with Crippen molar-refractivity contribution in [3.63, 3.8) is 0 Å². The number of hydrogen-bond donors (Lipinski definition) is 1. The molecule has 0 unspecified atom stereocenters. The van der Waals surface area contributed by atoms with Crippen LogP contribution >= 0.6 is 15.9 Å². The second kappa shape index (κ2) is 7.69. The number of benzene rings is 2. The van der Waals surface area contributed by atoms with Crippen molar-refractivity contribution in [3.8, 4) is 5.75 Å². The molecule has 0 spiro atoms. The Morgan fingerprint density at radius 1 is 1.19 bits per heavy atom. The molecule has 0 atom stereocenters. The second-order valence-electron chi connectivity index (χ2n) is 4.26. The number of nitrogens with one attached hydrogen (secondary N) is 1. The summed E-state index contributed by atoms with van der Waals surface area (Å²) in [6, 6.07) is 14.9. The van der Waals surface area contributed by atoms with Crippen LogP contribution in [0.1, 0.15) is 12.5 Å². The molecule has 0 aromatic heterocycles. The molecule has 0 aliphatic carbocycles. The molecule has 21 heavy (non-hydrogen) atoms. The maximum Gasteiger partial charge on any atom is 0.411 e. The van der Waals surface area contributed by atoms with E-state index in [4.69, 9.17) is 9.47 Å². The van der Waals surface area contributed by atoms with Crippen LogP contribution in [0.3, 0.4) is 0 Å². The molecule has 2 aromatic carbocycles. The third-order valence-corrected chi connectivity index (χ3v) is 3.31. The summed E-state index contributed by atoms with van der Waals surface area (Å²) in [6.45, 7) is 2.74. The van der Waals surface area contributed by atoms with Crippen LogP contribution in [0, 0.1) is 0 Å². The number of ether oxygens (including phenoxy) is 2. The van der Waals surface area contributed by atoms with Crippen LogP contribution in [0.4, 0.5) is 10.5 Å². The first-order chi connectivity index (χ1) is 10.2. The number of halogens is 1. The largest absolute Gasteiger partial charge is 0.493 e. The molecule has 0 bridgehead atoms. The Morgan fingerprint density at radius 2 is 1.95 bits per heavy atom. The van der Waals surface area contributed by atoms with E-state index in [0.717, 1.165) is 15.8 Å². The fourth-order valence-corrected chi connectivity index (χ4v) is 2.22. The van der Waals surface area contributed by atoms with Crippen molar-refractivity contribution in [2.24, 2.45) is 0 Å². The number of carbonyl (C=O) groups is 1. The monoisotopic (exact) mass is 349 g/mol. The van der Waals surface area contributed by atoms with Crippen LogP contribution in [0.15, 0.2) is 53.0 Å². The molecule has 1 N–H and O–H groups in total. The zero-order valence-electron chi connectivity index (χ0n) is 11.6. The normalized spacial score (nSPS) is 10.0. The zero-order valence-corrected chi connectivity index (χ0v) is 13.2. The molecule has 4 nitrogen and oxygen atoms in total. The van der Waals surface area contributed by atoms with Gasteiger partial charge in [0.15, 0.2) is 0 Å². The molecule has 0 saturated heterocycles. The standard InChI is InChI=1S/C16H16BrNO3/c1-2-20-15-9-8-13(10-14(15)17)18-16(19)21-11-12-6-4-3-5-7-12/h3-10H,2,11H2,1H3,(H,18,19). The molecule has 110 valence electrons.